The molecule has 0 unspecified atom stereocenters. The van der Waals surface area contributed by atoms with E-state index in [0.717, 1.165) is 6.54 Å². The predicted octanol–water partition coefficient (Wildman–Crippen LogP) is 0.0960. The van der Waals surface area contributed by atoms with Crippen LogP contribution in [0.4, 0.5) is 0 Å². The Hall–Kier alpha value is -0.730. The van der Waals surface area contributed by atoms with E-state index in [9.17, 15) is 0 Å². The van der Waals surface area contributed by atoms with Crippen LogP contribution >= 0.6 is 0 Å². The minimum atomic E-state index is 0.644. The highest BCUT2D eigenvalue weighted by Crippen LogP contribution is 1.95. The molecule has 0 aliphatic carbocycles. The maximum atomic E-state index is 5.03. The van der Waals surface area contributed by atoms with Crippen LogP contribution in [0.25, 0.3) is 0 Å². The van der Waals surface area contributed by atoms with Gasteiger partial charge in [-0.1, -0.05) is 0 Å². The van der Waals surface area contributed by atoms with Crippen LogP contribution in [-0.4, -0.2) is 31.1 Å². The van der Waals surface area contributed by atoms with Crippen LogP contribution in [0.1, 0.15) is 0 Å². The second-order valence-electron chi connectivity index (χ2n) is 1.71. The lowest BCUT2D eigenvalue weighted by Gasteiger charge is -2.08. The zero-order chi connectivity index (χ0) is 5.98. The molecule has 0 atom stereocenters. The number of rotatable bonds is 0. The lowest BCUT2D eigenvalue weighted by atomic mass is 10.8. The molecule has 0 spiro atoms. The standard InChI is InChI=1S/C5H9N2O/c1-7(2)5-6-3-4-8-5/h1,3-4H2,2H3. The zero-order valence-corrected chi connectivity index (χ0v) is 4.92. The monoisotopic (exact) mass is 113 g/mol. The largest absolute Gasteiger partial charge is 0.463 e. The summed E-state index contributed by atoms with van der Waals surface area (Å²) in [6, 6.07) is 0.644. The van der Waals surface area contributed by atoms with Gasteiger partial charge in [-0.3, -0.25) is 0 Å². The molecule has 0 saturated carbocycles. The van der Waals surface area contributed by atoms with Gasteiger partial charge in [0.1, 0.15) is 6.61 Å². The lowest BCUT2D eigenvalue weighted by molar-refractivity contribution is 0.304. The second kappa shape index (κ2) is 2.03. The molecule has 0 aromatic carbocycles. The van der Waals surface area contributed by atoms with Crippen molar-refractivity contribution in [1.82, 2.24) is 4.90 Å². The van der Waals surface area contributed by atoms with Crippen molar-refractivity contribution in [2.75, 3.05) is 20.2 Å². The van der Waals surface area contributed by atoms with E-state index < -0.39 is 0 Å². The van der Waals surface area contributed by atoms with Crippen molar-refractivity contribution in [3.63, 3.8) is 0 Å². The van der Waals surface area contributed by atoms with E-state index >= 15 is 0 Å². The Morgan fingerprint density at radius 1 is 1.88 bits per heavy atom. The molecule has 8 heavy (non-hydrogen) atoms. The molecule has 0 saturated heterocycles. The Balaban J connectivity index is 2.45. The third-order valence-corrected chi connectivity index (χ3v) is 0.896. The fourth-order valence-corrected chi connectivity index (χ4v) is 0.555. The van der Waals surface area contributed by atoms with Crippen LogP contribution in [-0.2, 0) is 4.74 Å². The van der Waals surface area contributed by atoms with E-state index in [1.165, 1.54) is 0 Å². The predicted molar refractivity (Wildman–Crippen MR) is 31.4 cm³/mol. The molecule has 0 bridgehead atoms. The van der Waals surface area contributed by atoms with E-state index in [0.29, 0.717) is 12.6 Å². The Morgan fingerprint density at radius 2 is 2.62 bits per heavy atom. The van der Waals surface area contributed by atoms with E-state index in [-0.39, 0.29) is 0 Å². The van der Waals surface area contributed by atoms with Crippen LogP contribution < -0.4 is 0 Å². The van der Waals surface area contributed by atoms with Gasteiger partial charge in [0.05, 0.1) is 6.54 Å². The van der Waals surface area contributed by atoms with Gasteiger partial charge in [0, 0.05) is 14.1 Å². The minimum absolute atomic E-state index is 0.644. The van der Waals surface area contributed by atoms with E-state index in [1.54, 1.807) is 4.90 Å². The summed E-state index contributed by atoms with van der Waals surface area (Å²) in [6.07, 6.45) is 0. The molecule has 1 aliphatic heterocycles. The van der Waals surface area contributed by atoms with Crippen LogP contribution in [0, 0.1) is 7.05 Å². The third-order valence-electron chi connectivity index (χ3n) is 0.896. The van der Waals surface area contributed by atoms with Gasteiger partial charge in [-0.2, -0.15) is 0 Å². The second-order valence-corrected chi connectivity index (χ2v) is 1.71. The minimum Gasteiger partial charge on any atom is -0.463 e. The highest BCUT2D eigenvalue weighted by molar-refractivity contribution is 5.74. The number of amidine groups is 1. The van der Waals surface area contributed by atoms with Gasteiger partial charge in [0.15, 0.2) is 0 Å². The topological polar surface area (TPSA) is 24.8 Å². The van der Waals surface area contributed by atoms with E-state index in [4.69, 9.17) is 4.74 Å². The maximum Gasteiger partial charge on any atom is 0.287 e. The fraction of sp³-hybridized carbons (Fsp3) is 0.600. The van der Waals surface area contributed by atoms with Gasteiger partial charge in [0.25, 0.3) is 6.02 Å². The number of nitrogens with zero attached hydrogens (tertiary/aromatic N) is 2. The SMILES string of the molecule is [CH2]N(C)C1=NCCO1. The molecule has 1 rings (SSSR count). The third kappa shape index (κ3) is 0.911. The van der Waals surface area contributed by atoms with Crippen molar-refractivity contribution >= 4 is 6.02 Å². The summed E-state index contributed by atoms with van der Waals surface area (Å²) in [6.45, 7) is 1.48. The van der Waals surface area contributed by atoms with Crippen LogP contribution in [0.5, 0.6) is 0 Å². The Bertz CT molecular complexity index is 109. The first kappa shape index (κ1) is 5.41. The molecule has 1 heterocycles. The number of hydrogen-bond acceptors (Lipinski definition) is 3. The molecule has 45 valence electrons. The van der Waals surface area contributed by atoms with E-state index in [2.05, 4.69) is 12.0 Å². The summed E-state index contributed by atoms with van der Waals surface area (Å²) < 4.78 is 5.03. The fourth-order valence-electron chi connectivity index (χ4n) is 0.555. The maximum absolute atomic E-state index is 5.03. The zero-order valence-electron chi connectivity index (χ0n) is 4.92. The molecule has 0 N–H and O–H groups in total. The summed E-state index contributed by atoms with van der Waals surface area (Å²) in [7, 11) is 5.41. The van der Waals surface area contributed by atoms with Crippen molar-refractivity contribution in [2.45, 2.75) is 0 Å². The number of aliphatic imine (C=N–C) groups is 1. The quantitative estimate of drug-likeness (QED) is 0.445. The summed E-state index contributed by atoms with van der Waals surface area (Å²) >= 11 is 0. The number of ether oxygens (including phenoxy) is 1. The van der Waals surface area contributed by atoms with Crippen LogP contribution in [0.15, 0.2) is 4.99 Å². The summed E-state index contributed by atoms with van der Waals surface area (Å²) in [5, 5.41) is 0. The molecule has 0 amide bonds. The Kier molecular flexibility index (Phi) is 1.37. The first-order chi connectivity index (χ1) is 3.80. The molecule has 0 aromatic rings. The normalized spacial score (nSPS) is 17.5. The van der Waals surface area contributed by atoms with Gasteiger partial charge in [-0.15, -0.1) is 0 Å². The Labute approximate surface area is 49.0 Å². The van der Waals surface area contributed by atoms with Crippen molar-refractivity contribution < 1.29 is 4.74 Å². The average Bonchev–Trinajstić information content (AvgIpc) is 2.12. The first-order valence-electron chi connectivity index (χ1n) is 2.52. The average molecular weight is 113 g/mol. The molecule has 3 nitrogen and oxygen atoms in total. The first-order valence-corrected chi connectivity index (χ1v) is 2.52. The Morgan fingerprint density at radius 3 is 2.88 bits per heavy atom. The highest BCUT2D eigenvalue weighted by Gasteiger charge is 2.07. The highest BCUT2D eigenvalue weighted by atomic mass is 16.5. The van der Waals surface area contributed by atoms with Gasteiger partial charge in [-0.25, -0.2) is 4.99 Å². The summed E-state index contributed by atoms with van der Waals surface area (Å²) in [5.74, 6) is 0. The smallest absolute Gasteiger partial charge is 0.287 e. The van der Waals surface area contributed by atoms with Gasteiger partial charge >= 0.3 is 0 Å². The molecule has 3 heteroatoms. The van der Waals surface area contributed by atoms with Crippen LogP contribution in [0.3, 0.4) is 0 Å². The summed E-state index contributed by atoms with van der Waals surface area (Å²) in [4.78, 5) is 5.61. The van der Waals surface area contributed by atoms with Crippen molar-refractivity contribution in [3.8, 4) is 0 Å². The van der Waals surface area contributed by atoms with Crippen molar-refractivity contribution in [3.05, 3.63) is 7.05 Å². The lowest BCUT2D eigenvalue weighted by Crippen LogP contribution is -2.19. The van der Waals surface area contributed by atoms with Gasteiger partial charge < -0.3 is 9.64 Å². The molecule has 1 radical (unpaired) electrons. The molecular formula is C5H9N2O. The summed E-state index contributed by atoms with van der Waals surface area (Å²) in [5.41, 5.74) is 0. The van der Waals surface area contributed by atoms with E-state index in [1.807, 2.05) is 7.05 Å². The molecule has 0 fully saturated rings. The van der Waals surface area contributed by atoms with Crippen molar-refractivity contribution in [2.24, 2.45) is 4.99 Å². The van der Waals surface area contributed by atoms with Crippen molar-refractivity contribution in [1.29, 1.82) is 0 Å². The van der Waals surface area contributed by atoms with Gasteiger partial charge in [0.2, 0.25) is 0 Å². The molecular weight excluding hydrogens is 104 g/mol. The van der Waals surface area contributed by atoms with Gasteiger partial charge in [-0.05, 0) is 0 Å². The molecule has 1 aliphatic rings. The number of hydrogen-bond donors (Lipinski definition) is 0. The molecule has 0 aromatic heterocycles. The van der Waals surface area contributed by atoms with Crippen LogP contribution in [0.2, 0.25) is 0 Å².